The van der Waals surface area contributed by atoms with E-state index < -0.39 is 28.6 Å². The molecule has 3 saturated heterocycles. The standard InChI is InChI=1S/C51H59ClF3N7O4S/c1-34(2)61-19-16-50(17-20-61)15-11-43(36-3-5-39(52)6-4-36)38(30-50)33-60-21-23-62(24-22-60)40-7-9-44(47(28-40)66-41-27-37-12-18-56-48(37)58-32-41)49(63)59-67(64)42-8-10-46(45(29-42)51(53,54)55)57-31-35-13-25-65-26-14-35/h3-10,12,18,27-29,32,34-35,57H,11,13-17,19-26,30-31,33H2,1-2H3,(H,56,58)(H,59,63). The minimum Gasteiger partial charge on any atom is -0.455 e. The molecule has 2 aromatic heterocycles. The lowest BCUT2D eigenvalue weighted by atomic mass is 9.65. The second kappa shape index (κ2) is 20.3. The van der Waals surface area contributed by atoms with E-state index in [0.29, 0.717) is 42.6 Å². The molecule has 0 bridgehead atoms. The smallest absolute Gasteiger partial charge is 0.418 e. The van der Waals surface area contributed by atoms with Crippen molar-refractivity contribution in [3.8, 4) is 11.5 Å². The number of ether oxygens (including phenoxy) is 2. The SMILES string of the molecule is CC(C)N1CCC2(CCC(c3ccc(Cl)cc3)=C(CN3CCN(c4ccc(C(=O)NS(=O)c5ccc(NCC6CCOCC6)c(C(F)(F)F)c5)c(Oc5cnc6[nH]ccc6c5)c4)CC3)C2)CC1. The Bertz CT molecular complexity index is 2600. The van der Waals surface area contributed by atoms with Gasteiger partial charge in [0.1, 0.15) is 17.1 Å². The number of piperidine rings is 1. The summed E-state index contributed by atoms with van der Waals surface area (Å²) in [5, 5.41) is 4.49. The van der Waals surface area contributed by atoms with Gasteiger partial charge in [0.05, 0.1) is 22.2 Å². The number of likely N-dealkylation sites (tertiary alicyclic amines) is 1. The molecule has 5 heterocycles. The molecule has 16 heteroatoms. The number of nitrogens with one attached hydrogen (secondary N) is 3. The van der Waals surface area contributed by atoms with Crippen LogP contribution in [0.15, 0.2) is 95.7 Å². The van der Waals surface area contributed by atoms with Crippen LogP contribution in [0.3, 0.4) is 0 Å². The van der Waals surface area contributed by atoms with Crippen LogP contribution in [0.2, 0.25) is 5.02 Å². The molecule has 1 aliphatic carbocycles. The molecule has 1 spiro atoms. The van der Waals surface area contributed by atoms with E-state index >= 15 is 0 Å². The lowest BCUT2D eigenvalue weighted by Gasteiger charge is -2.47. The lowest BCUT2D eigenvalue weighted by molar-refractivity contribution is -0.137. The van der Waals surface area contributed by atoms with Gasteiger partial charge in [0.15, 0.2) is 11.0 Å². The molecule has 3 aliphatic heterocycles. The first-order chi connectivity index (χ1) is 32.3. The highest BCUT2D eigenvalue weighted by atomic mass is 35.5. The molecule has 0 radical (unpaired) electrons. The van der Waals surface area contributed by atoms with E-state index in [1.165, 1.54) is 48.1 Å². The number of hydrogen-bond donors (Lipinski definition) is 3. The summed E-state index contributed by atoms with van der Waals surface area (Å²) in [6, 6.07) is 21.2. The third-order valence-corrected chi connectivity index (χ3v) is 15.6. The Hall–Kier alpha value is -4.93. The molecule has 0 saturated carbocycles. The number of piperazine rings is 1. The van der Waals surface area contributed by atoms with Crippen LogP contribution in [0.4, 0.5) is 24.5 Å². The fourth-order valence-electron chi connectivity index (χ4n) is 10.3. The molecule has 9 rings (SSSR count). The van der Waals surface area contributed by atoms with Crippen LogP contribution in [0.25, 0.3) is 16.6 Å². The molecule has 1 unspecified atom stereocenters. The average molecular weight is 959 g/mol. The topological polar surface area (TPSA) is 115 Å². The molecule has 67 heavy (non-hydrogen) atoms. The molecule has 4 aliphatic rings. The number of carbonyl (C=O) groups is 1. The average Bonchev–Trinajstić information content (AvgIpc) is 3.80. The quantitative estimate of drug-likeness (QED) is 0.106. The van der Waals surface area contributed by atoms with Gasteiger partial charge < -0.3 is 29.6 Å². The number of aromatic amines is 1. The minimum absolute atomic E-state index is 0.0721. The zero-order valence-electron chi connectivity index (χ0n) is 38.1. The Kier molecular flexibility index (Phi) is 14.3. The monoisotopic (exact) mass is 957 g/mol. The van der Waals surface area contributed by atoms with Crippen molar-refractivity contribution in [2.45, 2.75) is 75.9 Å². The van der Waals surface area contributed by atoms with Crippen molar-refractivity contribution in [1.82, 2.24) is 24.5 Å². The van der Waals surface area contributed by atoms with E-state index in [9.17, 15) is 22.2 Å². The molecule has 5 aromatic rings. The summed E-state index contributed by atoms with van der Waals surface area (Å²) >= 11 is 6.33. The fourth-order valence-corrected chi connectivity index (χ4v) is 11.2. The lowest BCUT2D eigenvalue weighted by Crippen LogP contribution is -2.48. The number of rotatable bonds is 13. The minimum atomic E-state index is -4.72. The molecular weight excluding hydrogens is 899 g/mol. The van der Waals surface area contributed by atoms with Crippen LogP contribution in [0.5, 0.6) is 11.5 Å². The van der Waals surface area contributed by atoms with Crippen LogP contribution >= 0.6 is 11.6 Å². The van der Waals surface area contributed by atoms with E-state index in [4.69, 9.17) is 21.1 Å². The van der Waals surface area contributed by atoms with E-state index in [-0.39, 0.29) is 27.8 Å². The number of amides is 1. The Balaban J connectivity index is 0.915. The number of halogens is 4. The van der Waals surface area contributed by atoms with Crippen molar-refractivity contribution in [1.29, 1.82) is 0 Å². The van der Waals surface area contributed by atoms with E-state index in [0.717, 1.165) is 93.7 Å². The molecule has 1 atom stereocenters. The number of carbonyl (C=O) groups excluding carboxylic acids is 1. The highest BCUT2D eigenvalue weighted by molar-refractivity contribution is 7.83. The van der Waals surface area contributed by atoms with Gasteiger partial charge in [-0.1, -0.05) is 29.3 Å². The number of nitrogens with zero attached hydrogens (tertiary/aromatic N) is 4. The highest BCUT2D eigenvalue weighted by Crippen LogP contribution is 2.49. The first-order valence-corrected chi connectivity index (χ1v) is 25.0. The Morgan fingerprint density at radius 2 is 1.73 bits per heavy atom. The number of pyridine rings is 1. The van der Waals surface area contributed by atoms with Gasteiger partial charge in [0, 0.05) is 92.6 Å². The Morgan fingerprint density at radius 3 is 2.46 bits per heavy atom. The van der Waals surface area contributed by atoms with Gasteiger partial charge in [-0.2, -0.15) is 13.2 Å². The maximum atomic E-state index is 14.3. The fraction of sp³-hybridized carbons (Fsp3) is 0.451. The molecule has 3 aromatic carbocycles. The first kappa shape index (κ1) is 47.1. The second-order valence-electron chi connectivity index (χ2n) is 18.9. The van der Waals surface area contributed by atoms with Gasteiger partial charge in [-0.05, 0) is 149 Å². The molecule has 1 amide bonds. The number of hydrogen-bond acceptors (Lipinski definition) is 9. The van der Waals surface area contributed by atoms with Crippen LogP contribution < -0.4 is 19.7 Å². The summed E-state index contributed by atoms with van der Waals surface area (Å²) in [5.41, 5.74) is 5.10. The van der Waals surface area contributed by atoms with E-state index in [1.54, 1.807) is 30.6 Å². The van der Waals surface area contributed by atoms with Crippen LogP contribution in [-0.2, 0) is 21.9 Å². The number of fused-ring (bicyclic) bond motifs is 1. The highest BCUT2D eigenvalue weighted by Gasteiger charge is 2.40. The zero-order chi connectivity index (χ0) is 46.7. The molecule has 3 N–H and O–H groups in total. The maximum Gasteiger partial charge on any atom is 0.418 e. The summed E-state index contributed by atoms with van der Waals surface area (Å²) in [7, 11) is -2.33. The van der Waals surface area contributed by atoms with E-state index in [1.807, 2.05) is 24.3 Å². The van der Waals surface area contributed by atoms with Gasteiger partial charge in [0.2, 0.25) is 0 Å². The van der Waals surface area contributed by atoms with E-state index in [2.05, 4.69) is 60.7 Å². The second-order valence-corrected chi connectivity index (χ2v) is 20.5. The number of alkyl halides is 3. The van der Waals surface area contributed by atoms with Crippen LogP contribution in [0, 0.1) is 11.3 Å². The number of benzene rings is 3. The summed E-state index contributed by atoms with van der Waals surface area (Å²) in [4.78, 5) is 28.7. The first-order valence-electron chi connectivity index (χ1n) is 23.5. The van der Waals surface area contributed by atoms with Gasteiger partial charge in [-0.3, -0.25) is 14.4 Å². The number of H-pyrrole nitrogens is 1. The van der Waals surface area contributed by atoms with Gasteiger partial charge in [0.25, 0.3) is 5.91 Å². The van der Waals surface area contributed by atoms with Gasteiger partial charge in [-0.15, -0.1) is 0 Å². The van der Waals surface area contributed by atoms with Gasteiger partial charge >= 0.3 is 6.18 Å². The summed E-state index contributed by atoms with van der Waals surface area (Å²) in [5.74, 6) is -0.00182. The predicted octanol–water partition coefficient (Wildman–Crippen LogP) is 10.6. The normalized spacial score (nSPS) is 19.3. The van der Waals surface area contributed by atoms with Crippen molar-refractivity contribution in [2.75, 3.05) is 75.8 Å². The third-order valence-electron chi connectivity index (χ3n) is 14.3. The third kappa shape index (κ3) is 11.2. The number of aromatic nitrogens is 2. The number of anilines is 2. The molecular formula is C51H59ClF3N7O4S. The largest absolute Gasteiger partial charge is 0.455 e. The van der Waals surface area contributed by atoms with Crippen molar-refractivity contribution < 1.29 is 31.6 Å². The molecule has 356 valence electrons. The van der Waals surface area contributed by atoms with Crippen molar-refractivity contribution in [2.24, 2.45) is 11.3 Å². The zero-order valence-corrected chi connectivity index (χ0v) is 39.7. The maximum absolute atomic E-state index is 14.3. The predicted molar refractivity (Wildman–Crippen MR) is 259 cm³/mol. The molecule has 11 nitrogen and oxygen atoms in total. The van der Waals surface area contributed by atoms with Gasteiger partial charge in [-0.25, -0.2) is 9.19 Å². The summed E-state index contributed by atoms with van der Waals surface area (Å²) in [6.07, 6.45) is 5.94. The van der Waals surface area contributed by atoms with Crippen LogP contribution in [-0.4, -0.2) is 101 Å². The Morgan fingerprint density at radius 1 is 0.970 bits per heavy atom. The Labute approximate surface area is 398 Å². The summed E-state index contributed by atoms with van der Waals surface area (Å²) < 4.78 is 70.9. The number of allylic oxidation sites excluding steroid dienone is 1. The summed E-state index contributed by atoms with van der Waals surface area (Å²) in [6.45, 7) is 12.4. The van der Waals surface area contributed by atoms with Crippen LogP contribution in [0.1, 0.15) is 80.3 Å². The van der Waals surface area contributed by atoms with Crippen molar-refractivity contribution in [3.05, 3.63) is 112 Å². The molecule has 3 fully saturated rings. The van der Waals surface area contributed by atoms with Crippen molar-refractivity contribution in [3.63, 3.8) is 0 Å². The van der Waals surface area contributed by atoms with Crippen molar-refractivity contribution >= 4 is 56.5 Å².